The number of benzene rings is 2. The number of hydrogen-bond acceptors (Lipinski definition) is 3. The lowest BCUT2D eigenvalue weighted by Gasteiger charge is -2.09. The summed E-state index contributed by atoms with van der Waals surface area (Å²) >= 11 is 0. The minimum Gasteiger partial charge on any atom is -0.381 e. The molecule has 0 amide bonds. The first-order chi connectivity index (χ1) is 9.90. The van der Waals surface area contributed by atoms with Gasteiger partial charge in [-0.2, -0.15) is 0 Å². The molecule has 2 aromatic rings. The van der Waals surface area contributed by atoms with Crippen LogP contribution in [0, 0.1) is 13.8 Å². The van der Waals surface area contributed by atoms with Crippen LogP contribution in [-0.2, 0) is 16.6 Å². The molecular formula is C16H20N2O2S. The molecule has 0 fully saturated rings. The smallest absolute Gasteiger partial charge is 0.240 e. The highest BCUT2D eigenvalue weighted by atomic mass is 32.2. The van der Waals surface area contributed by atoms with Gasteiger partial charge in [0.05, 0.1) is 4.90 Å². The van der Waals surface area contributed by atoms with Gasteiger partial charge in [-0.3, -0.25) is 0 Å². The van der Waals surface area contributed by atoms with E-state index in [4.69, 9.17) is 0 Å². The minimum atomic E-state index is -3.37. The van der Waals surface area contributed by atoms with Crippen LogP contribution in [0.3, 0.4) is 0 Å². The van der Waals surface area contributed by atoms with E-state index in [1.54, 1.807) is 24.3 Å². The number of sulfonamides is 1. The largest absolute Gasteiger partial charge is 0.381 e. The fourth-order valence-corrected chi connectivity index (χ4v) is 2.98. The van der Waals surface area contributed by atoms with Gasteiger partial charge in [0, 0.05) is 12.2 Å². The first-order valence-electron chi connectivity index (χ1n) is 6.75. The van der Waals surface area contributed by atoms with Crippen LogP contribution in [-0.4, -0.2) is 15.5 Å². The lowest BCUT2D eigenvalue weighted by Crippen LogP contribution is -2.18. The molecule has 2 aromatic carbocycles. The number of aryl methyl sites for hydroxylation is 2. The molecule has 0 aliphatic heterocycles. The minimum absolute atomic E-state index is 0.266. The van der Waals surface area contributed by atoms with Gasteiger partial charge in [0.2, 0.25) is 10.0 Å². The summed E-state index contributed by atoms with van der Waals surface area (Å²) in [5.74, 6) is 0. The lowest BCUT2D eigenvalue weighted by atomic mass is 10.1. The molecule has 0 atom stereocenters. The molecule has 0 aliphatic carbocycles. The van der Waals surface area contributed by atoms with Gasteiger partial charge in [0.25, 0.3) is 0 Å². The fourth-order valence-electron chi connectivity index (χ4n) is 2.24. The van der Waals surface area contributed by atoms with Crippen molar-refractivity contribution in [3.8, 4) is 0 Å². The molecule has 0 saturated carbocycles. The Bertz CT molecular complexity index is 702. The van der Waals surface area contributed by atoms with E-state index in [2.05, 4.69) is 42.1 Å². The molecule has 0 saturated heterocycles. The third-order valence-corrected chi connectivity index (χ3v) is 4.64. The Morgan fingerprint density at radius 2 is 1.52 bits per heavy atom. The number of anilines is 1. The summed E-state index contributed by atoms with van der Waals surface area (Å²) < 4.78 is 25.6. The van der Waals surface area contributed by atoms with Gasteiger partial charge in [0.15, 0.2) is 0 Å². The number of rotatable bonds is 5. The number of hydrogen-bond donors (Lipinski definition) is 2. The Morgan fingerprint density at radius 3 is 2.05 bits per heavy atom. The summed E-state index contributed by atoms with van der Waals surface area (Å²) in [4.78, 5) is 0.266. The molecule has 0 aliphatic rings. The summed E-state index contributed by atoms with van der Waals surface area (Å²) in [5, 5.41) is 3.30. The molecule has 0 spiro atoms. The van der Waals surface area contributed by atoms with Crippen molar-refractivity contribution in [1.29, 1.82) is 0 Å². The van der Waals surface area contributed by atoms with E-state index in [0.29, 0.717) is 6.54 Å². The Labute approximate surface area is 126 Å². The standard InChI is InChI=1S/C16H20N2O2S/c1-12-8-13(2)10-14(9-12)11-18-15-4-6-16(7-5-15)21(19,20)17-3/h4-10,17-18H,11H2,1-3H3. The molecule has 5 heteroatoms. The number of nitrogens with one attached hydrogen (secondary N) is 2. The maximum atomic E-state index is 11.6. The normalized spacial score (nSPS) is 11.4. The summed E-state index contributed by atoms with van der Waals surface area (Å²) in [6, 6.07) is 13.1. The summed E-state index contributed by atoms with van der Waals surface area (Å²) in [6.45, 7) is 4.86. The third-order valence-electron chi connectivity index (χ3n) is 3.21. The van der Waals surface area contributed by atoms with Crippen LogP contribution in [0.25, 0.3) is 0 Å². The molecule has 21 heavy (non-hydrogen) atoms. The maximum absolute atomic E-state index is 11.6. The highest BCUT2D eigenvalue weighted by molar-refractivity contribution is 7.89. The van der Waals surface area contributed by atoms with Crippen LogP contribution in [0.2, 0.25) is 0 Å². The molecule has 0 unspecified atom stereocenters. The molecule has 0 heterocycles. The van der Waals surface area contributed by atoms with Crippen molar-refractivity contribution in [2.45, 2.75) is 25.3 Å². The van der Waals surface area contributed by atoms with E-state index in [1.165, 1.54) is 23.7 Å². The zero-order chi connectivity index (χ0) is 15.5. The topological polar surface area (TPSA) is 58.2 Å². The average molecular weight is 304 g/mol. The van der Waals surface area contributed by atoms with E-state index >= 15 is 0 Å². The Kier molecular flexibility index (Phi) is 4.65. The average Bonchev–Trinajstić information content (AvgIpc) is 2.44. The maximum Gasteiger partial charge on any atom is 0.240 e. The highest BCUT2D eigenvalue weighted by Gasteiger charge is 2.10. The van der Waals surface area contributed by atoms with Crippen LogP contribution >= 0.6 is 0 Å². The fraction of sp³-hybridized carbons (Fsp3) is 0.250. The Hall–Kier alpha value is -1.85. The van der Waals surface area contributed by atoms with E-state index in [1.807, 2.05) is 0 Å². The van der Waals surface area contributed by atoms with Crippen LogP contribution in [0.5, 0.6) is 0 Å². The predicted molar refractivity (Wildman–Crippen MR) is 85.9 cm³/mol. The summed E-state index contributed by atoms with van der Waals surface area (Å²) in [7, 11) is -1.97. The third kappa shape index (κ3) is 4.06. The monoisotopic (exact) mass is 304 g/mol. The second kappa shape index (κ2) is 6.28. The Morgan fingerprint density at radius 1 is 0.952 bits per heavy atom. The SMILES string of the molecule is CNS(=O)(=O)c1ccc(NCc2cc(C)cc(C)c2)cc1. The van der Waals surface area contributed by atoms with Gasteiger partial charge < -0.3 is 5.32 Å². The van der Waals surface area contributed by atoms with Crippen molar-refractivity contribution in [1.82, 2.24) is 4.72 Å². The van der Waals surface area contributed by atoms with E-state index < -0.39 is 10.0 Å². The van der Waals surface area contributed by atoms with E-state index in [9.17, 15) is 8.42 Å². The quantitative estimate of drug-likeness (QED) is 0.893. The van der Waals surface area contributed by atoms with E-state index in [0.717, 1.165) is 5.69 Å². The van der Waals surface area contributed by atoms with Crippen molar-refractivity contribution in [3.05, 3.63) is 59.2 Å². The molecular weight excluding hydrogens is 284 g/mol. The zero-order valence-electron chi connectivity index (χ0n) is 12.5. The summed E-state index contributed by atoms with van der Waals surface area (Å²) in [5.41, 5.74) is 4.58. The highest BCUT2D eigenvalue weighted by Crippen LogP contribution is 2.15. The molecule has 4 nitrogen and oxygen atoms in total. The van der Waals surface area contributed by atoms with Crippen molar-refractivity contribution in [2.24, 2.45) is 0 Å². The summed E-state index contributed by atoms with van der Waals surface area (Å²) in [6.07, 6.45) is 0. The first kappa shape index (κ1) is 15.5. The molecule has 0 radical (unpaired) electrons. The van der Waals surface area contributed by atoms with Crippen molar-refractivity contribution in [3.63, 3.8) is 0 Å². The Balaban J connectivity index is 2.07. The van der Waals surface area contributed by atoms with Gasteiger partial charge in [-0.05, 0) is 50.7 Å². The molecule has 0 bridgehead atoms. The van der Waals surface area contributed by atoms with Gasteiger partial charge in [0.1, 0.15) is 0 Å². The second-order valence-electron chi connectivity index (χ2n) is 5.08. The molecule has 0 aromatic heterocycles. The van der Waals surface area contributed by atoms with Crippen LogP contribution in [0.15, 0.2) is 47.4 Å². The van der Waals surface area contributed by atoms with E-state index in [-0.39, 0.29) is 4.90 Å². The van der Waals surface area contributed by atoms with Crippen molar-refractivity contribution in [2.75, 3.05) is 12.4 Å². The first-order valence-corrected chi connectivity index (χ1v) is 8.24. The van der Waals surface area contributed by atoms with Gasteiger partial charge in [-0.15, -0.1) is 0 Å². The van der Waals surface area contributed by atoms with Gasteiger partial charge in [-0.1, -0.05) is 29.3 Å². The second-order valence-corrected chi connectivity index (χ2v) is 6.97. The van der Waals surface area contributed by atoms with Crippen LogP contribution in [0.4, 0.5) is 5.69 Å². The molecule has 2 N–H and O–H groups in total. The lowest BCUT2D eigenvalue weighted by molar-refractivity contribution is 0.588. The zero-order valence-corrected chi connectivity index (χ0v) is 13.3. The van der Waals surface area contributed by atoms with Crippen LogP contribution < -0.4 is 10.0 Å². The predicted octanol–water partition coefficient (Wildman–Crippen LogP) is 2.82. The van der Waals surface area contributed by atoms with Gasteiger partial charge >= 0.3 is 0 Å². The van der Waals surface area contributed by atoms with Crippen LogP contribution in [0.1, 0.15) is 16.7 Å². The van der Waals surface area contributed by atoms with Crippen molar-refractivity contribution < 1.29 is 8.42 Å². The van der Waals surface area contributed by atoms with Crippen molar-refractivity contribution >= 4 is 15.7 Å². The van der Waals surface area contributed by atoms with Gasteiger partial charge in [-0.25, -0.2) is 13.1 Å². The molecule has 112 valence electrons. The molecule has 2 rings (SSSR count).